The zero-order valence-electron chi connectivity index (χ0n) is 11.5. The molecule has 1 atom stereocenters. The molecule has 1 aliphatic rings. The fraction of sp³-hybridized carbons (Fsp3) is 0.429. The lowest BCUT2D eigenvalue weighted by Crippen LogP contribution is -2.30. The van der Waals surface area contributed by atoms with Crippen LogP contribution in [0, 0.1) is 5.92 Å². The highest BCUT2D eigenvalue weighted by atomic mass is 16.5. The number of carbonyl (C=O) groups is 2. The topological polar surface area (TPSA) is 76.1 Å². The van der Waals surface area contributed by atoms with Crippen LogP contribution in [0.15, 0.2) is 18.2 Å². The summed E-state index contributed by atoms with van der Waals surface area (Å²) in [6, 6.07) is 4.75. The summed E-state index contributed by atoms with van der Waals surface area (Å²) in [7, 11) is 2.76. The number of phenols is 1. The molecule has 1 aromatic rings. The van der Waals surface area contributed by atoms with E-state index in [4.69, 9.17) is 4.74 Å². The number of para-hydroxylation sites is 1. The molecule has 1 amide bonds. The van der Waals surface area contributed by atoms with Crippen LogP contribution in [-0.4, -0.2) is 49.2 Å². The molecule has 1 unspecified atom stereocenters. The SMILES string of the molecule is COC(=O)C1CCN(C(=O)c2cccc(OC)c2O)C1. The van der Waals surface area contributed by atoms with Crippen molar-refractivity contribution >= 4 is 11.9 Å². The number of methoxy groups -OCH3 is 2. The van der Waals surface area contributed by atoms with Gasteiger partial charge in [-0.2, -0.15) is 0 Å². The minimum absolute atomic E-state index is 0.176. The van der Waals surface area contributed by atoms with Gasteiger partial charge < -0.3 is 19.5 Å². The number of phenolic OH excluding ortho intramolecular Hbond substituents is 1. The molecule has 2 rings (SSSR count). The first kappa shape index (κ1) is 14.2. The summed E-state index contributed by atoms with van der Waals surface area (Å²) in [5.41, 5.74) is 0.176. The lowest BCUT2D eigenvalue weighted by molar-refractivity contribution is -0.144. The minimum Gasteiger partial charge on any atom is -0.504 e. The Hall–Kier alpha value is -2.24. The number of ether oxygens (including phenoxy) is 2. The zero-order chi connectivity index (χ0) is 14.7. The van der Waals surface area contributed by atoms with Crippen LogP contribution >= 0.6 is 0 Å². The molecular formula is C14H17NO5. The van der Waals surface area contributed by atoms with Crippen LogP contribution in [-0.2, 0) is 9.53 Å². The Bertz CT molecular complexity index is 528. The van der Waals surface area contributed by atoms with E-state index in [2.05, 4.69) is 4.74 Å². The number of amides is 1. The van der Waals surface area contributed by atoms with Crippen LogP contribution < -0.4 is 4.74 Å². The van der Waals surface area contributed by atoms with E-state index < -0.39 is 0 Å². The highest BCUT2D eigenvalue weighted by molar-refractivity contribution is 5.98. The fourth-order valence-electron chi connectivity index (χ4n) is 2.33. The van der Waals surface area contributed by atoms with Gasteiger partial charge in [0.1, 0.15) is 0 Å². The van der Waals surface area contributed by atoms with Gasteiger partial charge in [0.2, 0.25) is 0 Å². The molecule has 1 saturated heterocycles. The Morgan fingerprint density at radius 3 is 2.75 bits per heavy atom. The number of likely N-dealkylation sites (tertiary alicyclic amines) is 1. The molecule has 1 fully saturated rings. The van der Waals surface area contributed by atoms with Crippen molar-refractivity contribution in [1.82, 2.24) is 4.90 Å². The summed E-state index contributed by atoms with van der Waals surface area (Å²) in [6.45, 7) is 0.775. The predicted octanol–water partition coefficient (Wildman–Crippen LogP) is 1.04. The summed E-state index contributed by atoms with van der Waals surface area (Å²) < 4.78 is 9.66. The number of hydrogen-bond donors (Lipinski definition) is 1. The van der Waals surface area contributed by atoms with Crippen LogP contribution in [0.2, 0.25) is 0 Å². The van der Waals surface area contributed by atoms with E-state index in [0.717, 1.165) is 0 Å². The molecule has 6 heteroatoms. The van der Waals surface area contributed by atoms with E-state index in [1.807, 2.05) is 0 Å². The second kappa shape index (κ2) is 5.81. The first-order valence-electron chi connectivity index (χ1n) is 6.31. The maximum absolute atomic E-state index is 12.4. The third kappa shape index (κ3) is 2.54. The van der Waals surface area contributed by atoms with Gasteiger partial charge in [-0.25, -0.2) is 0 Å². The number of carbonyl (C=O) groups excluding carboxylic acids is 2. The van der Waals surface area contributed by atoms with E-state index in [1.54, 1.807) is 12.1 Å². The van der Waals surface area contributed by atoms with E-state index in [9.17, 15) is 14.7 Å². The molecule has 20 heavy (non-hydrogen) atoms. The first-order valence-corrected chi connectivity index (χ1v) is 6.31. The molecule has 1 heterocycles. The molecule has 0 bridgehead atoms. The quantitative estimate of drug-likeness (QED) is 0.836. The Kier molecular flexibility index (Phi) is 4.12. The van der Waals surface area contributed by atoms with Gasteiger partial charge in [-0.3, -0.25) is 9.59 Å². The maximum Gasteiger partial charge on any atom is 0.310 e. The molecule has 0 saturated carbocycles. The number of esters is 1. The summed E-state index contributed by atoms with van der Waals surface area (Å²) in [5, 5.41) is 9.98. The molecule has 0 radical (unpaired) electrons. The molecule has 1 aliphatic heterocycles. The largest absolute Gasteiger partial charge is 0.504 e. The van der Waals surface area contributed by atoms with Crippen molar-refractivity contribution in [3.05, 3.63) is 23.8 Å². The standard InChI is InChI=1S/C14H17NO5/c1-19-11-5-3-4-10(12(11)16)13(17)15-7-6-9(8-15)14(18)20-2/h3-5,9,16H,6-8H2,1-2H3. The summed E-state index contributed by atoms with van der Waals surface area (Å²) in [5.74, 6) is -0.847. The Morgan fingerprint density at radius 1 is 1.35 bits per heavy atom. The number of hydrogen-bond acceptors (Lipinski definition) is 5. The van der Waals surface area contributed by atoms with Crippen molar-refractivity contribution in [2.75, 3.05) is 27.3 Å². The Balaban J connectivity index is 2.15. The van der Waals surface area contributed by atoms with E-state index >= 15 is 0 Å². The molecule has 0 aromatic heterocycles. The monoisotopic (exact) mass is 279 g/mol. The second-order valence-electron chi connectivity index (χ2n) is 4.62. The van der Waals surface area contributed by atoms with Gasteiger partial charge in [0.15, 0.2) is 11.5 Å². The van der Waals surface area contributed by atoms with Crippen molar-refractivity contribution in [3.63, 3.8) is 0 Å². The second-order valence-corrected chi connectivity index (χ2v) is 4.62. The van der Waals surface area contributed by atoms with Crippen molar-refractivity contribution in [3.8, 4) is 11.5 Å². The van der Waals surface area contributed by atoms with Gasteiger partial charge in [-0.05, 0) is 18.6 Å². The minimum atomic E-state index is -0.312. The molecule has 6 nitrogen and oxygen atoms in total. The van der Waals surface area contributed by atoms with Gasteiger partial charge in [-0.15, -0.1) is 0 Å². The number of aromatic hydroxyl groups is 1. The van der Waals surface area contributed by atoms with Crippen LogP contribution in [0.4, 0.5) is 0 Å². The predicted molar refractivity (Wildman–Crippen MR) is 70.7 cm³/mol. The Morgan fingerprint density at radius 2 is 2.10 bits per heavy atom. The smallest absolute Gasteiger partial charge is 0.310 e. The molecular weight excluding hydrogens is 262 g/mol. The first-order chi connectivity index (χ1) is 9.58. The van der Waals surface area contributed by atoms with Crippen molar-refractivity contribution < 1.29 is 24.2 Å². The van der Waals surface area contributed by atoms with E-state index in [1.165, 1.54) is 25.2 Å². The van der Waals surface area contributed by atoms with Crippen molar-refractivity contribution in [1.29, 1.82) is 0 Å². The van der Waals surface area contributed by atoms with Crippen LogP contribution in [0.3, 0.4) is 0 Å². The zero-order valence-corrected chi connectivity index (χ0v) is 11.5. The normalized spacial score (nSPS) is 17.9. The molecule has 108 valence electrons. The van der Waals surface area contributed by atoms with E-state index in [0.29, 0.717) is 19.5 Å². The molecule has 0 spiro atoms. The van der Waals surface area contributed by atoms with Crippen molar-refractivity contribution in [2.45, 2.75) is 6.42 Å². The van der Waals surface area contributed by atoms with Gasteiger partial charge in [0.25, 0.3) is 5.91 Å². The van der Waals surface area contributed by atoms with Gasteiger partial charge in [0, 0.05) is 13.1 Å². The van der Waals surface area contributed by atoms with Gasteiger partial charge in [-0.1, -0.05) is 6.07 Å². The average molecular weight is 279 g/mol. The summed E-state index contributed by atoms with van der Waals surface area (Å²) in [4.78, 5) is 25.3. The highest BCUT2D eigenvalue weighted by Crippen LogP contribution is 2.31. The average Bonchev–Trinajstić information content (AvgIpc) is 2.95. The number of nitrogens with zero attached hydrogens (tertiary/aromatic N) is 1. The van der Waals surface area contributed by atoms with Crippen LogP contribution in [0.1, 0.15) is 16.8 Å². The fourth-order valence-corrected chi connectivity index (χ4v) is 2.33. The van der Waals surface area contributed by atoms with E-state index in [-0.39, 0.29) is 34.9 Å². The summed E-state index contributed by atoms with van der Waals surface area (Å²) >= 11 is 0. The lowest BCUT2D eigenvalue weighted by Gasteiger charge is -2.17. The molecule has 1 N–H and O–H groups in total. The Labute approximate surface area is 116 Å². The number of rotatable bonds is 3. The third-order valence-corrected chi connectivity index (χ3v) is 3.46. The lowest BCUT2D eigenvalue weighted by atomic mass is 10.1. The molecule has 0 aliphatic carbocycles. The van der Waals surface area contributed by atoms with Crippen LogP contribution in [0.5, 0.6) is 11.5 Å². The number of benzene rings is 1. The van der Waals surface area contributed by atoms with Crippen molar-refractivity contribution in [2.24, 2.45) is 5.92 Å². The van der Waals surface area contributed by atoms with Gasteiger partial charge in [0.05, 0.1) is 25.7 Å². The van der Waals surface area contributed by atoms with Gasteiger partial charge >= 0.3 is 5.97 Å². The van der Waals surface area contributed by atoms with Crippen LogP contribution in [0.25, 0.3) is 0 Å². The third-order valence-electron chi connectivity index (χ3n) is 3.46. The highest BCUT2D eigenvalue weighted by Gasteiger charge is 2.33. The molecule has 1 aromatic carbocycles. The maximum atomic E-state index is 12.4. The summed E-state index contributed by atoms with van der Waals surface area (Å²) in [6.07, 6.45) is 0.573.